The average Bonchev–Trinajstić information content (AvgIpc) is 2.54. The molecule has 124 valence electrons. The van der Waals surface area contributed by atoms with Gasteiger partial charge in [0.15, 0.2) is 9.84 Å². The first-order valence-electron chi connectivity index (χ1n) is 6.99. The fourth-order valence-corrected chi connectivity index (χ4v) is 3.80. The van der Waals surface area contributed by atoms with Gasteiger partial charge in [-0.2, -0.15) is 8.42 Å². The van der Waals surface area contributed by atoms with E-state index in [9.17, 15) is 16.8 Å². The minimum absolute atomic E-state index is 0.0483. The molecule has 0 bridgehead atoms. The molecule has 0 radical (unpaired) electrons. The molecule has 0 unspecified atom stereocenters. The summed E-state index contributed by atoms with van der Waals surface area (Å²) in [5, 5.41) is 1.83. The summed E-state index contributed by atoms with van der Waals surface area (Å²) in [5.41, 5.74) is 0. The van der Waals surface area contributed by atoms with E-state index in [1.54, 1.807) is 18.2 Å². The highest BCUT2D eigenvalue weighted by molar-refractivity contribution is 7.90. The van der Waals surface area contributed by atoms with Gasteiger partial charge >= 0.3 is 10.1 Å². The van der Waals surface area contributed by atoms with Crippen LogP contribution in [0, 0.1) is 0 Å². The molecule has 0 spiro atoms. The van der Waals surface area contributed by atoms with Gasteiger partial charge in [0.1, 0.15) is 10.6 Å². The summed E-state index contributed by atoms with van der Waals surface area (Å²) in [7, 11) is -7.42. The summed E-state index contributed by atoms with van der Waals surface area (Å²) >= 11 is 0. The zero-order valence-electron chi connectivity index (χ0n) is 12.7. The maximum Gasteiger partial charge on any atom is 0.339 e. The van der Waals surface area contributed by atoms with E-state index in [2.05, 4.69) is 0 Å². The molecule has 0 saturated heterocycles. The Hall–Kier alpha value is -2.38. The molecule has 0 N–H and O–H groups in total. The SMILES string of the molecule is CS(=O)(=O)c1ccc(S(=O)(=O)Oc2ccc3ccccc3c2)cc1. The molecule has 0 saturated carbocycles. The zero-order chi connectivity index (χ0) is 17.4. The highest BCUT2D eigenvalue weighted by Gasteiger charge is 2.18. The van der Waals surface area contributed by atoms with Gasteiger partial charge in [-0.25, -0.2) is 8.42 Å². The molecule has 0 aliphatic heterocycles. The van der Waals surface area contributed by atoms with Gasteiger partial charge in [0.25, 0.3) is 0 Å². The lowest BCUT2D eigenvalue weighted by atomic mass is 10.1. The third kappa shape index (κ3) is 3.42. The van der Waals surface area contributed by atoms with E-state index in [4.69, 9.17) is 4.18 Å². The summed E-state index contributed by atoms with van der Waals surface area (Å²) in [5.74, 6) is 0.195. The van der Waals surface area contributed by atoms with Crippen LogP contribution in [0.1, 0.15) is 0 Å². The first-order chi connectivity index (χ1) is 11.3. The molecule has 0 atom stereocenters. The van der Waals surface area contributed by atoms with Crippen LogP contribution >= 0.6 is 0 Å². The van der Waals surface area contributed by atoms with E-state index in [0.29, 0.717) is 0 Å². The summed E-state index contributed by atoms with van der Waals surface area (Å²) < 4.78 is 52.7. The van der Waals surface area contributed by atoms with Crippen LogP contribution in [0.25, 0.3) is 10.8 Å². The molecule has 3 rings (SSSR count). The number of hydrogen-bond acceptors (Lipinski definition) is 5. The van der Waals surface area contributed by atoms with Crippen molar-refractivity contribution in [2.24, 2.45) is 0 Å². The van der Waals surface area contributed by atoms with E-state index < -0.39 is 20.0 Å². The Labute approximate surface area is 140 Å². The Balaban J connectivity index is 1.92. The number of benzene rings is 3. The largest absolute Gasteiger partial charge is 0.379 e. The van der Waals surface area contributed by atoms with E-state index in [-0.39, 0.29) is 15.5 Å². The molecule has 0 heterocycles. The van der Waals surface area contributed by atoms with Gasteiger partial charge in [-0.1, -0.05) is 30.3 Å². The van der Waals surface area contributed by atoms with Crippen molar-refractivity contribution in [2.45, 2.75) is 9.79 Å². The van der Waals surface area contributed by atoms with Gasteiger partial charge in [0, 0.05) is 6.26 Å². The third-order valence-electron chi connectivity index (χ3n) is 3.47. The highest BCUT2D eigenvalue weighted by atomic mass is 32.2. The van der Waals surface area contributed by atoms with Crippen molar-refractivity contribution in [2.75, 3.05) is 6.26 Å². The second kappa shape index (κ2) is 5.92. The molecule has 0 aromatic heterocycles. The number of rotatable bonds is 4. The fraction of sp³-hybridized carbons (Fsp3) is 0.0588. The molecule has 3 aromatic carbocycles. The molecule has 5 nitrogen and oxygen atoms in total. The van der Waals surface area contributed by atoms with Crippen LogP contribution in [0.3, 0.4) is 0 Å². The van der Waals surface area contributed by atoms with Crippen LogP contribution < -0.4 is 4.18 Å². The van der Waals surface area contributed by atoms with Crippen LogP contribution in [0.5, 0.6) is 5.75 Å². The van der Waals surface area contributed by atoms with E-state index in [0.717, 1.165) is 17.0 Å². The second-order valence-electron chi connectivity index (χ2n) is 5.29. The molecule has 0 amide bonds. The van der Waals surface area contributed by atoms with Gasteiger partial charge in [0.05, 0.1) is 4.90 Å². The predicted molar refractivity (Wildman–Crippen MR) is 91.3 cm³/mol. The van der Waals surface area contributed by atoms with E-state index in [1.165, 1.54) is 24.3 Å². The first kappa shape index (κ1) is 16.5. The molecular weight excluding hydrogens is 348 g/mol. The molecule has 0 fully saturated rings. The Bertz CT molecular complexity index is 1100. The summed E-state index contributed by atoms with van der Waals surface area (Å²) in [6, 6.07) is 17.4. The quantitative estimate of drug-likeness (QED) is 0.667. The first-order valence-corrected chi connectivity index (χ1v) is 10.3. The Morgan fingerprint density at radius 3 is 1.92 bits per heavy atom. The third-order valence-corrected chi connectivity index (χ3v) is 5.86. The molecule has 24 heavy (non-hydrogen) atoms. The fourth-order valence-electron chi connectivity index (χ4n) is 2.25. The van der Waals surface area contributed by atoms with Crippen molar-refractivity contribution in [3.63, 3.8) is 0 Å². The Kier molecular flexibility index (Phi) is 4.06. The molecule has 7 heteroatoms. The predicted octanol–water partition coefficient (Wildman–Crippen LogP) is 3.01. The minimum atomic E-state index is -4.04. The van der Waals surface area contributed by atoms with Crippen LogP contribution in [-0.4, -0.2) is 23.1 Å². The van der Waals surface area contributed by atoms with E-state index >= 15 is 0 Å². The molecular formula is C17H14O5S2. The van der Waals surface area contributed by atoms with Crippen molar-refractivity contribution in [1.29, 1.82) is 0 Å². The molecule has 0 aliphatic rings. The smallest absolute Gasteiger partial charge is 0.339 e. The van der Waals surface area contributed by atoms with Gasteiger partial charge < -0.3 is 4.18 Å². The lowest BCUT2D eigenvalue weighted by Gasteiger charge is -2.08. The van der Waals surface area contributed by atoms with Gasteiger partial charge in [-0.15, -0.1) is 0 Å². The highest BCUT2D eigenvalue weighted by Crippen LogP contribution is 2.24. The maximum atomic E-state index is 12.3. The minimum Gasteiger partial charge on any atom is -0.379 e. The van der Waals surface area contributed by atoms with Crippen molar-refractivity contribution in [1.82, 2.24) is 0 Å². The van der Waals surface area contributed by atoms with Gasteiger partial charge in [-0.3, -0.25) is 0 Å². The Morgan fingerprint density at radius 2 is 1.29 bits per heavy atom. The van der Waals surface area contributed by atoms with Crippen molar-refractivity contribution in [3.8, 4) is 5.75 Å². The maximum absolute atomic E-state index is 12.3. The van der Waals surface area contributed by atoms with Crippen molar-refractivity contribution >= 4 is 30.7 Å². The normalized spacial score (nSPS) is 12.2. The topological polar surface area (TPSA) is 77.5 Å². The lowest BCUT2D eigenvalue weighted by Crippen LogP contribution is -2.10. The monoisotopic (exact) mass is 362 g/mol. The van der Waals surface area contributed by atoms with Crippen molar-refractivity contribution < 1.29 is 21.0 Å². The second-order valence-corrected chi connectivity index (χ2v) is 8.85. The summed E-state index contributed by atoms with van der Waals surface area (Å²) in [4.78, 5) is -0.0600. The van der Waals surface area contributed by atoms with Crippen LogP contribution in [0.2, 0.25) is 0 Å². The lowest BCUT2D eigenvalue weighted by molar-refractivity contribution is 0.486. The molecule has 0 aliphatic carbocycles. The van der Waals surface area contributed by atoms with Gasteiger partial charge in [-0.05, 0) is 47.2 Å². The van der Waals surface area contributed by atoms with Crippen LogP contribution in [-0.2, 0) is 20.0 Å². The van der Waals surface area contributed by atoms with Crippen LogP contribution in [0.4, 0.5) is 0 Å². The standard InChI is InChI=1S/C17H14O5S2/c1-23(18,19)16-8-10-17(11-9-16)24(20,21)22-15-7-6-13-4-2-3-5-14(13)12-15/h2-12H,1H3. The summed E-state index contributed by atoms with van der Waals surface area (Å²) in [6.45, 7) is 0. The number of hydrogen-bond donors (Lipinski definition) is 0. The van der Waals surface area contributed by atoms with Crippen molar-refractivity contribution in [3.05, 3.63) is 66.7 Å². The van der Waals surface area contributed by atoms with Gasteiger partial charge in [0.2, 0.25) is 0 Å². The Morgan fingerprint density at radius 1 is 0.708 bits per heavy atom. The average molecular weight is 362 g/mol. The summed E-state index contributed by atoms with van der Waals surface area (Å²) in [6.07, 6.45) is 1.06. The zero-order valence-corrected chi connectivity index (χ0v) is 14.3. The number of fused-ring (bicyclic) bond motifs is 1. The van der Waals surface area contributed by atoms with E-state index in [1.807, 2.05) is 24.3 Å². The van der Waals surface area contributed by atoms with Crippen LogP contribution in [0.15, 0.2) is 76.5 Å². The molecule has 3 aromatic rings. The number of sulfone groups is 1.